The van der Waals surface area contributed by atoms with Crippen LogP contribution in [0, 0.1) is 6.92 Å². The van der Waals surface area contributed by atoms with Crippen LogP contribution in [-0.4, -0.2) is 31.6 Å². The fourth-order valence-electron chi connectivity index (χ4n) is 3.51. The van der Waals surface area contributed by atoms with Crippen molar-refractivity contribution < 1.29 is 4.79 Å². The molecule has 0 bridgehead atoms. The van der Waals surface area contributed by atoms with Crippen molar-refractivity contribution in [2.45, 2.75) is 26.9 Å². The molecule has 0 aliphatic heterocycles. The number of aryl methyl sites for hydroxylation is 2. The van der Waals surface area contributed by atoms with Crippen LogP contribution in [0.4, 0.5) is 0 Å². The summed E-state index contributed by atoms with van der Waals surface area (Å²) in [5.41, 5.74) is 2.29. The summed E-state index contributed by atoms with van der Waals surface area (Å²) in [7, 11) is 0. The summed E-state index contributed by atoms with van der Waals surface area (Å²) in [6, 6.07) is 14.4. The number of carbonyl (C=O) groups excluding carboxylic acids is 1. The average Bonchev–Trinajstić information content (AvgIpc) is 2.80. The Morgan fingerprint density at radius 3 is 2.56 bits per heavy atom. The topological polar surface area (TPSA) is 98.9 Å². The Morgan fingerprint density at radius 2 is 1.84 bits per heavy atom. The molecule has 0 spiro atoms. The lowest BCUT2D eigenvalue weighted by Crippen LogP contribution is -2.34. The second-order valence-electron chi connectivity index (χ2n) is 7.41. The van der Waals surface area contributed by atoms with E-state index in [4.69, 9.17) is 0 Å². The van der Waals surface area contributed by atoms with Crippen molar-refractivity contribution in [3.05, 3.63) is 92.9 Å². The normalized spacial score (nSPS) is 10.9. The molecule has 8 heteroatoms. The van der Waals surface area contributed by atoms with E-state index in [-0.39, 0.29) is 29.6 Å². The van der Waals surface area contributed by atoms with Crippen LogP contribution in [0.1, 0.15) is 23.0 Å². The van der Waals surface area contributed by atoms with Crippen molar-refractivity contribution in [2.75, 3.05) is 6.54 Å². The van der Waals surface area contributed by atoms with Crippen molar-refractivity contribution >= 4 is 16.9 Å². The highest BCUT2D eigenvalue weighted by Gasteiger charge is 2.16. The molecule has 1 N–H and O–H groups in total. The first-order chi connectivity index (χ1) is 15.5. The molecule has 1 amide bonds. The van der Waals surface area contributed by atoms with E-state index in [0.29, 0.717) is 23.3 Å². The number of rotatable bonds is 6. The van der Waals surface area contributed by atoms with Crippen LogP contribution in [0.5, 0.6) is 0 Å². The van der Waals surface area contributed by atoms with Crippen LogP contribution in [0.15, 0.2) is 70.6 Å². The lowest BCUT2D eigenvalue weighted by atomic mass is 10.1. The molecule has 0 aliphatic carbocycles. The second kappa shape index (κ2) is 8.97. The Balaban J connectivity index is 1.49. The van der Waals surface area contributed by atoms with Gasteiger partial charge in [-0.15, -0.1) is 0 Å². The Morgan fingerprint density at radius 1 is 1.06 bits per heavy atom. The van der Waals surface area contributed by atoms with Gasteiger partial charge in [-0.2, -0.15) is 0 Å². The molecular formula is C24H23N5O3. The Labute approximate surface area is 184 Å². The summed E-state index contributed by atoms with van der Waals surface area (Å²) in [5.74, 6) is -0.485. The lowest BCUT2D eigenvalue weighted by molar-refractivity contribution is 0.0950. The number of carbonyl (C=O) groups is 1. The van der Waals surface area contributed by atoms with E-state index < -0.39 is 5.91 Å². The summed E-state index contributed by atoms with van der Waals surface area (Å²) in [6.45, 7) is 4.77. The van der Waals surface area contributed by atoms with Gasteiger partial charge in [0.05, 0.1) is 17.4 Å². The molecule has 8 nitrogen and oxygen atoms in total. The van der Waals surface area contributed by atoms with Gasteiger partial charge < -0.3 is 9.88 Å². The van der Waals surface area contributed by atoms with E-state index in [1.54, 1.807) is 16.7 Å². The Kier molecular flexibility index (Phi) is 5.93. The number of pyridine rings is 2. The van der Waals surface area contributed by atoms with Gasteiger partial charge in [0.15, 0.2) is 0 Å². The van der Waals surface area contributed by atoms with Crippen LogP contribution < -0.4 is 16.3 Å². The number of nitrogens with zero attached hydrogens (tertiary/aromatic N) is 4. The molecule has 1 aromatic carbocycles. The predicted octanol–water partition coefficient (Wildman–Crippen LogP) is 2.38. The SMILES string of the molecule is CCn1cc(C(=O)NCCn2cnc(-c3ccccc3)cc2=O)c(=O)c2ccc(C)nc21. The highest BCUT2D eigenvalue weighted by molar-refractivity contribution is 5.96. The molecule has 0 unspecified atom stereocenters. The number of aromatic nitrogens is 4. The molecule has 0 fully saturated rings. The van der Waals surface area contributed by atoms with Gasteiger partial charge in [-0.25, -0.2) is 9.97 Å². The summed E-state index contributed by atoms with van der Waals surface area (Å²) >= 11 is 0. The second-order valence-corrected chi connectivity index (χ2v) is 7.41. The molecule has 3 aromatic heterocycles. The third-order valence-electron chi connectivity index (χ3n) is 5.23. The maximum Gasteiger partial charge on any atom is 0.256 e. The third-order valence-corrected chi connectivity index (χ3v) is 5.23. The fourth-order valence-corrected chi connectivity index (χ4v) is 3.51. The smallest absolute Gasteiger partial charge is 0.256 e. The average molecular weight is 429 g/mol. The van der Waals surface area contributed by atoms with Crippen LogP contribution in [0.3, 0.4) is 0 Å². The zero-order valence-electron chi connectivity index (χ0n) is 17.9. The monoisotopic (exact) mass is 429 g/mol. The number of hydrogen-bond donors (Lipinski definition) is 1. The summed E-state index contributed by atoms with van der Waals surface area (Å²) in [6.07, 6.45) is 3.00. The lowest BCUT2D eigenvalue weighted by Gasteiger charge is -2.12. The zero-order valence-corrected chi connectivity index (χ0v) is 17.9. The first kappa shape index (κ1) is 21.2. The Bertz CT molecular complexity index is 1410. The van der Waals surface area contributed by atoms with Gasteiger partial charge in [0, 0.05) is 43.2 Å². The maximum absolute atomic E-state index is 12.8. The molecule has 0 atom stereocenters. The molecule has 3 heterocycles. The zero-order chi connectivity index (χ0) is 22.7. The highest BCUT2D eigenvalue weighted by atomic mass is 16.2. The Hall–Kier alpha value is -4.07. The minimum Gasteiger partial charge on any atom is -0.350 e. The van der Waals surface area contributed by atoms with Gasteiger partial charge in [-0.1, -0.05) is 30.3 Å². The maximum atomic E-state index is 12.8. The number of benzene rings is 1. The minimum atomic E-state index is -0.485. The van der Waals surface area contributed by atoms with Crippen molar-refractivity contribution in [1.82, 2.24) is 24.4 Å². The molecule has 4 rings (SSSR count). The summed E-state index contributed by atoms with van der Waals surface area (Å²) in [4.78, 5) is 46.7. The van der Waals surface area contributed by atoms with Crippen molar-refractivity contribution in [3.8, 4) is 11.3 Å². The molecular weight excluding hydrogens is 406 g/mol. The van der Waals surface area contributed by atoms with Crippen molar-refractivity contribution in [2.24, 2.45) is 0 Å². The summed E-state index contributed by atoms with van der Waals surface area (Å²) < 4.78 is 3.21. The fraction of sp³-hybridized carbons (Fsp3) is 0.208. The van der Waals surface area contributed by atoms with Crippen LogP contribution >= 0.6 is 0 Å². The van der Waals surface area contributed by atoms with E-state index in [1.165, 1.54) is 23.2 Å². The van der Waals surface area contributed by atoms with E-state index >= 15 is 0 Å². The minimum absolute atomic E-state index is 0.0508. The number of fused-ring (bicyclic) bond motifs is 1. The van der Waals surface area contributed by atoms with Crippen molar-refractivity contribution in [1.29, 1.82) is 0 Å². The van der Waals surface area contributed by atoms with Crippen LogP contribution in [-0.2, 0) is 13.1 Å². The van der Waals surface area contributed by atoms with Gasteiger partial charge in [0.2, 0.25) is 5.43 Å². The molecule has 32 heavy (non-hydrogen) atoms. The van der Waals surface area contributed by atoms with E-state index in [1.807, 2.05) is 44.2 Å². The highest BCUT2D eigenvalue weighted by Crippen LogP contribution is 2.13. The van der Waals surface area contributed by atoms with Gasteiger partial charge in [-0.3, -0.25) is 19.0 Å². The van der Waals surface area contributed by atoms with Crippen molar-refractivity contribution in [3.63, 3.8) is 0 Å². The molecule has 162 valence electrons. The quantitative estimate of drug-likeness (QED) is 0.507. The van der Waals surface area contributed by atoms with E-state index in [9.17, 15) is 14.4 Å². The molecule has 0 aliphatic rings. The largest absolute Gasteiger partial charge is 0.350 e. The summed E-state index contributed by atoms with van der Waals surface area (Å²) in [5, 5.41) is 3.13. The van der Waals surface area contributed by atoms with E-state index in [2.05, 4.69) is 15.3 Å². The first-order valence-corrected chi connectivity index (χ1v) is 10.4. The van der Waals surface area contributed by atoms with E-state index in [0.717, 1.165) is 11.3 Å². The van der Waals surface area contributed by atoms with Crippen LogP contribution in [0.2, 0.25) is 0 Å². The third kappa shape index (κ3) is 4.20. The van der Waals surface area contributed by atoms with Gasteiger partial charge in [0.25, 0.3) is 11.5 Å². The molecule has 0 saturated heterocycles. The molecule has 4 aromatic rings. The standard InChI is InChI=1S/C24H23N5O3/c1-3-28-14-19(22(31)18-10-9-16(2)27-23(18)28)24(32)25-11-12-29-15-26-20(13-21(29)30)17-7-5-4-6-8-17/h4-10,13-15H,3,11-12H2,1-2H3,(H,25,32). The van der Waals surface area contributed by atoms with Gasteiger partial charge in [0.1, 0.15) is 11.2 Å². The molecule has 0 saturated carbocycles. The van der Waals surface area contributed by atoms with Crippen LogP contribution in [0.25, 0.3) is 22.3 Å². The number of nitrogens with one attached hydrogen (secondary N) is 1. The number of hydrogen-bond acceptors (Lipinski definition) is 5. The number of amides is 1. The predicted molar refractivity (Wildman–Crippen MR) is 123 cm³/mol. The first-order valence-electron chi connectivity index (χ1n) is 10.4. The molecule has 0 radical (unpaired) electrons. The van der Waals surface area contributed by atoms with Gasteiger partial charge in [-0.05, 0) is 26.0 Å². The van der Waals surface area contributed by atoms with Gasteiger partial charge >= 0.3 is 0 Å².